The molecule has 0 bridgehead atoms. The molecule has 1 aliphatic carbocycles. The van der Waals surface area contributed by atoms with E-state index >= 15 is 0 Å². The van der Waals surface area contributed by atoms with E-state index in [1.54, 1.807) is 24.3 Å². The largest absolute Gasteiger partial charge is 0.447 e. The fourth-order valence-electron chi connectivity index (χ4n) is 1.29. The molecule has 1 aromatic rings. The number of rotatable bonds is 3. The Labute approximate surface area is 91.1 Å². The Morgan fingerprint density at radius 1 is 1.56 bits per heavy atom. The standard InChI is InChI=1S/C10H9N3O3/c14-13(15)9-4-2-1-3-8(9)7-16-10-5-6-11-12-10/h1-7,9H,(H,11,12). The molecule has 1 atom stereocenters. The number of hydrogen-bond acceptors (Lipinski definition) is 4. The molecule has 0 spiro atoms. The molecule has 2 rings (SSSR count). The molecule has 1 aliphatic rings. The highest BCUT2D eigenvalue weighted by Gasteiger charge is 2.22. The first-order valence-corrected chi connectivity index (χ1v) is 4.62. The van der Waals surface area contributed by atoms with Crippen LogP contribution in [0.3, 0.4) is 0 Å². The molecule has 0 aliphatic heterocycles. The number of hydrogen-bond donors (Lipinski definition) is 1. The zero-order chi connectivity index (χ0) is 11.4. The molecular formula is C10H9N3O3. The minimum atomic E-state index is -0.854. The number of nitrogens with zero attached hydrogens (tertiary/aromatic N) is 2. The zero-order valence-corrected chi connectivity index (χ0v) is 8.24. The lowest BCUT2D eigenvalue weighted by Gasteiger charge is -2.08. The second kappa shape index (κ2) is 4.43. The summed E-state index contributed by atoms with van der Waals surface area (Å²) in [6.07, 6.45) is 9.39. The van der Waals surface area contributed by atoms with Crippen molar-refractivity contribution in [2.24, 2.45) is 0 Å². The molecule has 82 valence electrons. The molecule has 0 saturated carbocycles. The van der Waals surface area contributed by atoms with Gasteiger partial charge in [-0.05, 0) is 12.2 Å². The van der Waals surface area contributed by atoms with Gasteiger partial charge >= 0.3 is 0 Å². The van der Waals surface area contributed by atoms with E-state index in [-0.39, 0.29) is 4.92 Å². The Morgan fingerprint density at radius 3 is 3.12 bits per heavy atom. The molecule has 0 radical (unpaired) electrons. The van der Waals surface area contributed by atoms with Gasteiger partial charge in [-0.25, -0.2) is 5.10 Å². The number of nitrogens with one attached hydrogen (secondary N) is 1. The van der Waals surface area contributed by atoms with Gasteiger partial charge in [0.15, 0.2) is 0 Å². The first-order valence-electron chi connectivity index (χ1n) is 4.62. The quantitative estimate of drug-likeness (QED) is 0.474. The van der Waals surface area contributed by atoms with Crippen LogP contribution < -0.4 is 4.74 Å². The fraction of sp³-hybridized carbons (Fsp3) is 0.100. The average molecular weight is 219 g/mol. The maximum atomic E-state index is 10.7. The Hall–Kier alpha value is -2.37. The van der Waals surface area contributed by atoms with Crippen molar-refractivity contribution in [2.75, 3.05) is 0 Å². The minimum Gasteiger partial charge on any atom is -0.447 e. The lowest BCUT2D eigenvalue weighted by Crippen LogP contribution is -2.20. The van der Waals surface area contributed by atoms with E-state index in [2.05, 4.69) is 10.2 Å². The molecule has 6 heteroatoms. The Bertz CT molecular complexity index is 460. The number of aromatic nitrogens is 2. The summed E-state index contributed by atoms with van der Waals surface area (Å²) in [5.74, 6) is 0.442. The Kier molecular flexibility index (Phi) is 2.81. The van der Waals surface area contributed by atoms with Gasteiger partial charge < -0.3 is 4.74 Å². The number of nitro groups is 1. The lowest BCUT2D eigenvalue weighted by atomic mass is 10.0. The average Bonchev–Trinajstić information content (AvgIpc) is 2.79. The van der Waals surface area contributed by atoms with Crippen molar-refractivity contribution >= 4 is 0 Å². The fourth-order valence-corrected chi connectivity index (χ4v) is 1.29. The third kappa shape index (κ3) is 2.17. The van der Waals surface area contributed by atoms with Crippen LogP contribution in [0.15, 0.2) is 48.4 Å². The summed E-state index contributed by atoms with van der Waals surface area (Å²) >= 11 is 0. The normalized spacial score (nSPS) is 21.2. The van der Waals surface area contributed by atoms with Crippen LogP contribution in [0.1, 0.15) is 0 Å². The van der Waals surface area contributed by atoms with Crippen molar-refractivity contribution in [1.82, 2.24) is 10.2 Å². The summed E-state index contributed by atoms with van der Waals surface area (Å²) in [5.41, 5.74) is 0.488. The van der Waals surface area contributed by atoms with Crippen LogP contribution in [0.4, 0.5) is 0 Å². The molecule has 6 nitrogen and oxygen atoms in total. The second-order valence-corrected chi connectivity index (χ2v) is 3.13. The molecule has 0 amide bonds. The molecule has 1 aromatic heterocycles. The summed E-state index contributed by atoms with van der Waals surface area (Å²) in [6, 6.07) is 0.772. The number of allylic oxidation sites excluding steroid dienone is 2. The summed E-state index contributed by atoms with van der Waals surface area (Å²) < 4.78 is 5.20. The van der Waals surface area contributed by atoms with E-state index in [1.165, 1.54) is 18.5 Å². The number of aromatic amines is 1. The minimum absolute atomic E-state index is 0.373. The molecular weight excluding hydrogens is 210 g/mol. The van der Waals surface area contributed by atoms with E-state index < -0.39 is 6.04 Å². The molecule has 1 N–H and O–H groups in total. The molecule has 1 heterocycles. The van der Waals surface area contributed by atoms with Crippen molar-refractivity contribution < 1.29 is 9.66 Å². The predicted octanol–water partition coefficient (Wildman–Crippen LogP) is 1.44. The predicted molar refractivity (Wildman–Crippen MR) is 56.4 cm³/mol. The molecule has 0 fully saturated rings. The van der Waals surface area contributed by atoms with Crippen molar-refractivity contribution in [2.45, 2.75) is 6.04 Å². The summed E-state index contributed by atoms with van der Waals surface area (Å²) in [6.45, 7) is 0. The van der Waals surface area contributed by atoms with Gasteiger partial charge in [0.2, 0.25) is 5.88 Å². The third-order valence-corrected chi connectivity index (χ3v) is 2.06. The summed E-state index contributed by atoms with van der Waals surface area (Å²) in [4.78, 5) is 10.4. The molecule has 1 unspecified atom stereocenters. The van der Waals surface area contributed by atoms with Crippen LogP contribution in [-0.2, 0) is 0 Å². The smallest absolute Gasteiger partial charge is 0.259 e. The van der Waals surface area contributed by atoms with Gasteiger partial charge in [0, 0.05) is 11.0 Å². The van der Waals surface area contributed by atoms with Crippen LogP contribution in [0.25, 0.3) is 0 Å². The first-order chi connectivity index (χ1) is 7.77. The second-order valence-electron chi connectivity index (χ2n) is 3.13. The van der Waals surface area contributed by atoms with Gasteiger partial charge in [0.1, 0.15) is 6.26 Å². The molecule has 16 heavy (non-hydrogen) atoms. The summed E-state index contributed by atoms with van der Waals surface area (Å²) in [5, 5.41) is 17.0. The van der Waals surface area contributed by atoms with Gasteiger partial charge in [-0.1, -0.05) is 12.2 Å². The molecule has 0 saturated heterocycles. The summed E-state index contributed by atoms with van der Waals surface area (Å²) in [7, 11) is 0. The topological polar surface area (TPSA) is 81.1 Å². The van der Waals surface area contributed by atoms with E-state index in [1.807, 2.05) is 0 Å². The van der Waals surface area contributed by atoms with Gasteiger partial charge in [-0.2, -0.15) is 5.10 Å². The first kappa shape index (κ1) is 10.2. The molecule has 0 aromatic carbocycles. The maximum Gasteiger partial charge on any atom is 0.259 e. The third-order valence-electron chi connectivity index (χ3n) is 2.06. The SMILES string of the molecule is O=[N+]([O-])C1C=CC=CC1=COc1ccn[nH]1. The monoisotopic (exact) mass is 219 g/mol. The Balaban J connectivity index is 2.12. The van der Waals surface area contributed by atoms with Crippen LogP contribution in [-0.4, -0.2) is 21.2 Å². The highest BCUT2D eigenvalue weighted by Crippen LogP contribution is 2.15. The van der Waals surface area contributed by atoms with Crippen molar-refractivity contribution in [1.29, 1.82) is 0 Å². The zero-order valence-electron chi connectivity index (χ0n) is 8.24. The van der Waals surface area contributed by atoms with E-state index in [4.69, 9.17) is 4.74 Å². The van der Waals surface area contributed by atoms with Crippen LogP contribution in [0, 0.1) is 10.1 Å². The van der Waals surface area contributed by atoms with E-state index in [0.29, 0.717) is 11.5 Å². The van der Waals surface area contributed by atoms with Crippen LogP contribution in [0.2, 0.25) is 0 Å². The van der Waals surface area contributed by atoms with Crippen molar-refractivity contribution in [3.8, 4) is 5.88 Å². The van der Waals surface area contributed by atoms with Crippen LogP contribution >= 0.6 is 0 Å². The Morgan fingerprint density at radius 2 is 2.44 bits per heavy atom. The van der Waals surface area contributed by atoms with E-state index in [9.17, 15) is 10.1 Å². The van der Waals surface area contributed by atoms with Gasteiger partial charge in [-0.3, -0.25) is 10.1 Å². The lowest BCUT2D eigenvalue weighted by molar-refractivity contribution is -0.498. The highest BCUT2D eigenvalue weighted by atomic mass is 16.6. The van der Waals surface area contributed by atoms with E-state index in [0.717, 1.165) is 0 Å². The maximum absolute atomic E-state index is 10.7. The van der Waals surface area contributed by atoms with Crippen molar-refractivity contribution in [3.63, 3.8) is 0 Å². The number of ether oxygens (including phenoxy) is 1. The van der Waals surface area contributed by atoms with Gasteiger partial charge in [0.25, 0.3) is 6.04 Å². The van der Waals surface area contributed by atoms with Crippen LogP contribution in [0.5, 0.6) is 5.88 Å². The highest BCUT2D eigenvalue weighted by molar-refractivity contribution is 5.33. The van der Waals surface area contributed by atoms with Gasteiger partial charge in [0.05, 0.1) is 11.8 Å². The number of H-pyrrole nitrogens is 1. The van der Waals surface area contributed by atoms with Crippen molar-refractivity contribution in [3.05, 3.63) is 58.5 Å². The van der Waals surface area contributed by atoms with Gasteiger partial charge in [-0.15, -0.1) is 0 Å².